The number of thioether (sulfide) groups is 1. The molecule has 6 nitrogen and oxygen atoms in total. The zero-order valence-electron chi connectivity index (χ0n) is 16.7. The van der Waals surface area contributed by atoms with Gasteiger partial charge in [-0.1, -0.05) is 54.2 Å². The summed E-state index contributed by atoms with van der Waals surface area (Å²) in [6.07, 6.45) is 1.36. The summed E-state index contributed by atoms with van der Waals surface area (Å²) in [5, 5.41) is 18.7. The first-order valence-electron chi connectivity index (χ1n) is 9.75. The molecule has 0 N–H and O–H groups in total. The molecule has 2 heterocycles. The molecule has 4 rings (SSSR count). The van der Waals surface area contributed by atoms with Crippen LogP contribution in [0.25, 0.3) is 11.1 Å². The largest absolute Gasteiger partial charge is 0.309 e. The van der Waals surface area contributed by atoms with Gasteiger partial charge in [-0.2, -0.15) is 5.26 Å². The van der Waals surface area contributed by atoms with Crippen molar-refractivity contribution in [2.24, 2.45) is 13.0 Å². The average Bonchev–Trinajstić information content (AvgIpc) is 3.28. The van der Waals surface area contributed by atoms with Gasteiger partial charge in [0, 0.05) is 19.2 Å². The molecule has 1 atom stereocenters. The van der Waals surface area contributed by atoms with Gasteiger partial charge >= 0.3 is 0 Å². The second-order valence-corrected chi connectivity index (χ2v) is 10.7. The van der Waals surface area contributed by atoms with E-state index in [0.29, 0.717) is 18.4 Å². The van der Waals surface area contributed by atoms with E-state index in [0.717, 1.165) is 33.4 Å². The summed E-state index contributed by atoms with van der Waals surface area (Å²) in [6, 6.07) is 18.0. The monoisotopic (exact) mass is 438 g/mol. The van der Waals surface area contributed by atoms with Gasteiger partial charge in [0.25, 0.3) is 0 Å². The van der Waals surface area contributed by atoms with Crippen molar-refractivity contribution in [1.29, 1.82) is 5.26 Å². The number of hydrogen-bond acceptors (Lipinski definition) is 6. The van der Waals surface area contributed by atoms with Crippen molar-refractivity contribution in [3.05, 3.63) is 65.5 Å². The fourth-order valence-corrected chi connectivity index (χ4v) is 6.45. The lowest BCUT2D eigenvalue weighted by molar-refractivity contribution is 0.552. The molecular weight excluding hydrogens is 416 g/mol. The summed E-state index contributed by atoms with van der Waals surface area (Å²) in [5.41, 5.74) is 3.78. The topological polar surface area (TPSA) is 88.6 Å². The Kier molecular flexibility index (Phi) is 5.93. The van der Waals surface area contributed by atoms with E-state index in [1.807, 2.05) is 48.0 Å². The third-order valence-corrected chi connectivity index (χ3v) is 8.33. The van der Waals surface area contributed by atoms with Gasteiger partial charge in [-0.15, -0.1) is 10.2 Å². The molecule has 0 amide bonds. The van der Waals surface area contributed by atoms with E-state index in [4.69, 9.17) is 0 Å². The van der Waals surface area contributed by atoms with Crippen molar-refractivity contribution < 1.29 is 8.42 Å². The highest BCUT2D eigenvalue weighted by Gasteiger charge is 2.29. The Bertz CT molecular complexity index is 1190. The zero-order chi connectivity index (χ0) is 21.1. The molecule has 3 aromatic rings. The molecule has 1 unspecified atom stereocenters. The van der Waals surface area contributed by atoms with Crippen LogP contribution >= 0.6 is 11.8 Å². The Morgan fingerprint density at radius 2 is 1.93 bits per heavy atom. The number of hydrogen-bond donors (Lipinski definition) is 0. The van der Waals surface area contributed by atoms with E-state index in [2.05, 4.69) is 28.4 Å². The number of nitriles is 1. The molecule has 1 saturated heterocycles. The summed E-state index contributed by atoms with van der Waals surface area (Å²) in [7, 11) is -0.943. The molecular formula is C22H22N4O2S2. The van der Waals surface area contributed by atoms with E-state index in [9.17, 15) is 13.7 Å². The van der Waals surface area contributed by atoms with Gasteiger partial charge < -0.3 is 4.57 Å². The Morgan fingerprint density at radius 3 is 2.63 bits per heavy atom. The van der Waals surface area contributed by atoms with E-state index >= 15 is 0 Å². The number of sulfone groups is 1. The fourth-order valence-electron chi connectivity index (χ4n) is 3.70. The third kappa shape index (κ3) is 4.58. The Hall–Kier alpha value is -2.63. The predicted molar refractivity (Wildman–Crippen MR) is 118 cm³/mol. The normalized spacial score (nSPS) is 17.7. The van der Waals surface area contributed by atoms with Gasteiger partial charge in [0.15, 0.2) is 15.0 Å². The minimum Gasteiger partial charge on any atom is -0.309 e. The number of benzene rings is 2. The van der Waals surface area contributed by atoms with Crippen molar-refractivity contribution in [3.63, 3.8) is 0 Å². The Morgan fingerprint density at radius 1 is 1.17 bits per heavy atom. The summed E-state index contributed by atoms with van der Waals surface area (Å²) < 4.78 is 25.3. The molecule has 1 fully saturated rings. The molecule has 0 bridgehead atoms. The number of rotatable bonds is 6. The molecule has 1 aromatic heterocycles. The van der Waals surface area contributed by atoms with E-state index in [1.54, 1.807) is 11.8 Å². The molecule has 0 saturated carbocycles. The number of aromatic nitrogens is 3. The van der Waals surface area contributed by atoms with Crippen molar-refractivity contribution >= 4 is 21.6 Å². The van der Waals surface area contributed by atoms with Gasteiger partial charge in [-0.25, -0.2) is 8.42 Å². The van der Waals surface area contributed by atoms with Crippen LogP contribution in [0.4, 0.5) is 0 Å². The van der Waals surface area contributed by atoms with E-state index in [-0.39, 0.29) is 17.4 Å². The van der Waals surface area contributed by atoms with Crippen LogP contribution in [-0.4, -0.2) is 34.7 Å². The summed E-state index contributed by atoms with van der Waals surface area (Å²) >= 11 is 1.61. The molecule has 0 radical (unpaired) electrons. The lowest BCUT2D eigenvalue weighted by atomic mass is 10.00. The SMILES string of the molecule is Cn1c(CC2CCS(=O)(=O)C2)nnc1SCc1ccc(-c2ccccc2C#N)cc1. The van der Waals surface area contributed by atoms with Crippen LogP contribution in [0.3, 0.4) is 0 Å². The fraction of sp³-hybridized carbons (Fsp3) is 0.318. The van der Waals surface area contributed by atoms with Crippen molar-refractivity contribution in [2.75, 3.05) is 11.5 Å². The van der Waals surface area contributed by atoms with Crippen LogP contribution in [0.15, 0.2) is 53.7 Å². The van der Waals surface area contributed by atoms with Crippen LogP contribution in [0.5, 0.6) is 0 Å². The lowest BCUT2D eigenvalue weighted by Gasteiger charge is -2.08. The highest BCUT2D eigenvalue weighted by atomic mass is 32.2. The predicted octanol–water partition coefficient (Wildman–Crippen LogP) is 3.62. The first kappa shape index (κ1) is 20.6. The van der Waals surface area contributed by atoms with Crippen LogP contribution in [0, 0.1) is 17.2 Å². The van der Waals surface area contributed by atoms with Gasteiger partial charge in [0.2, 0.25) is 0 Å². The lowest BCUT2D eigenvalue weighted by Crippen LogP contribution is -2.11. The van der Waals surface area contributed by atoms with Crippen molar-refractivity contribution in [3.8, 4) is 17.2 Å². The average molecular weight is 439 g/mol. The van der Waals surface area contributed by atoms with Gasteiger partial charge in [-0.05, 0) is 35.1 Å². The molecule has 154 valence electrons. The molecule has 0 spiro atoms. The maximum absolute atomic E-state index is 11.7. The maximum atomic E-state index is 11.7. The van der Waals surface area contributed by atoms with Crippen LogP contribution < -0.4 is 0 Å². The molecule has 8 heteroatoms. The standard InChI is InChI=1S/C22H22N4O2S2/c1-26-21(12-17-10-11-30(27,28)15-17)24-25-22(26)29-14-16-6-8-18(9-7-16)20-5-3-2-4-19(20)13-23/h2-9,17H,10-12,14-15H2,1H3. The minimum atomic E-state index is -2.88. The maximum Gasteiger partial charge on any atom is 0.191 e. The van der Waals surface area contributed by atoms with Crippen molar-refractivity contribution in [2.45, 2.75) is 23.8 Å². The second kappa shape index (κ2) is 8.62. The van der Waals surface area contributed by atoms with Crippen molar-refractivity contribution in [1.82, 2.24) is 14.8 Å². The smallest absolute Gasteiger partial charge is 0.191 e. The van der Waals surface area contributed by atoms with Crippen LogP contribution in [-0.2, 0) is 29.1 Å². The van der Waals surface area contributed by atoms with Crippen LogP contribution in [0.1, 0.15) is 23.4 Å². The quantitative estimate of drug-likeness (QED) is 0.546. The second-order valence-electron chi connectivity index (χ2n) is 7.57. The highest BCUT2D eigenvalue weighted by Crippen LogP contribution is 2.27. The molecule has 2 aromatic carbocycles. The van der Waals surface area contributed by atoms with Gasteiger partial charge in [-0.3, -0.25) is 0 Å². The zero-order valence-corrected chi connectivity index (χ0v) is 18.3. The van der Waals surface area contributed by atoms with Gasteiger partial charge in [0.1, 0.15) is 5.82 Å². The van der Waals surface area contributed by atoms with Crippen LogP contribution in [0.2, 0.25) is 0 Å². The molecule has 0 aliphatic carbocycles. The molecule has 30 heavy (non-hydrogen) atoms. The minimum absolute atomic E-state index is 0.139. The summed E-state index contributed by atoms with van der Waals surface area (Å²) in [6.45, 7) is 0. The molecule has 1 aliphatic heterocycles. The first-order valence-corrected chi connectivity index (χ1v) is 12.6. The Balaban J connectivity index is 1.39. The molecule has 1 aliphatic rings. The Labute approximate surface area is 180 Å². The highest BCUT2D eigenvalue weighted by molar-refractivity contribution is 7.98. The summed E-state index contributed by atoms with van der Waals surface area (Å²) in [5.74, 6) is 2.27. The van der Waals surface area contributed by atoms with Gasteiger partial charge in [0.05, 0.1) is 23.1 Å². The third-order valence-electron chi connectivity index (χ3n) is 5.40. The van der Waals surface area contributed by atoms with E-state index < -0.39 is 9.84 Å². The first-order chi connectivity index (χ1) is 14.4. The summed E-state index contributed by atoms with van der Waals surface area (Å²) in [4.78, 5) is 0. The van der Waals surface area contributed by atoms with E-state index in [1.165, 1.54) is 0 Å². The number of nitrogens with zero attached hydrogens (tertiary/aromatic N) is 4.